The van der Waals surface area contributed by atoms with Crippen molar-refractivity contribution in [1.82, 2.24) is 5.32 Å². The van der Waals surface area contributed by atoms with Gasteiger partial charge in [-0.15, -0.1) is 0 Å². The van der Waals surface area contributed by atoms with E-state index in [1.165, 1.54) is 315 Å². The van der Waals surface area contributed by atoms with Crippen molar-refractivity contribution in [2.24, 2.45) is 0 Å². The van der Waals surface area contributed by atoms with Crippen LogP contribution in [0.15, 0.2) is 24.3 Å². The highest BCUT2D eigenvalue weighted by atomic mass is 16.5. The number of aliphatic hydroxyl groups excluding tert-OH is 2. The number of esters is 1. The maximum Gasteiger partial charge on any atom is 0.305 e. The van der Waals surface area contributed by atoms with Gasteiger partial charge in [0, 0.05) is 12.8 Å². The third-order valence-corrected chi connectivity index (χ3v) is 16.8. The van der Waals surface area contributed by atoms with Crippen LogP contribution in [0.1, 0.15) is 399 Å². The van der Waals surface area contributed by atoms with Crippen LogP contribution in [0.3, 0.4) is 0 Å². The average Bonchev–Trinajstić information content (AvgIpc) is 3.44. The Hall–Kier alpha value is -1.66. The molecule has 0 aromatic rings. The number of ether oxygens (including phenoxy) is 1. The van der Waals surface area contributed by atoms with E-state index >= 15 is 0 Å². The molecule has 0 heterocycles. The molecule has 0 spiro atoms. The molecule has 0 aliphatic rings. The molecule has 0 bridgehead atoms. The molecule has 0 aliphatic heterocycles. The minimum absolute atomic E-state index is 0.00404. The highest BCUT2D eigenvalue weighted by molar-refractivity contribution is 5.76. The molecule has 0 radical (unpaired) electrons. The van der Waals surface area contributed by atoms with Crippen LogP contribution >= 0.6 is 0 Å². The molecule has 0 aromatic heterocycles. The van der Waals surface area contributed by atoms with Crippen LogP contribution in [0.2, 0.25) is 0 Å². The zero-order valence-electron chi connectivity index (χ0n) is 52.9. The summed E-state index contributed by atoms with van der Waals surface area (Å²) in [5, 5.41) is 23.4. The second-order valence-corrected chi connectivity index (χ2v) is 24.6. The van der Waals surface area contributed by atoms with Crippen molar-refractivity contribution in [2.75, 3.05) is 13.2 Å². The van der Waals surface area contributed by atoms with Gasteiger partial charge in [0.15, 0.2) is 0 Å². The number of unbranched alkanes of at least 4 members (excludes halogenated alkanes) is 52. The van der Waals surface area contributed by atoms with Gasteiger partial charge in [-0.05, 0) is 57.8 Å². The third kappa shape index (κ3) is 63.5. The standard InChI is InChI=1S/C72H139NO5/c1-3-5-7-9-11-13-15-17-19-21-22-23-24-25-26-29-33-36-40-44-48-52-56-60-64-70(75)69(68-74)73-71(76)65-61-57-53-49-45-41-37-34-30-27-28-31-35-39-43-47-51-55-59-63-67-78-72(77)66-62-58-54-50-46-42-38-32-20-18-16-14-12-10-8-6-4-2/h12,14,18,20,69-70,74-75H,3-11,13,15-17,19,21-68H2,1-2H3,(H,73,76)/b14-12-,20-18-. The molecule has 462 valence electrons. The van der Waals surface area contributed by atoms with Gasteiger partial charge in [0.25, 0.3) is 0 Å². The van der Waals surface area contributed by atoms with Crippen LogP contribution in [0.25, 0.3) is 0 Å². The van der Waals surface area contributed by atoms with E-state index in [0.717, 1.165) is 51.4 Å². The smallest absolute Gasteiger partial charge is 0.305 e. The molecule has 0 aliphatic carbocycles. The lowest BCUT2D eigenvalue weighted by Gasteiger charge is -2.22. The molecule has 1 amide bonds. The second-order valence-electron chi connectivity index (χ2n) is 24.6. The summed E-state index contributed by atoms with van der Waals surface area (Å²) >= 11 is 0. The number of carbonyl (C=O) groups excluding carboxylic acids is 2. The normalized spacial score (nSPS) is 12.6. The Morgan fingerprint density at radius 3 is 1.00 bits per heavy atom. The van der Waals surface area contributed by atoms with E-state index in [2.05, 4.69) is 43.5 Å². The molecule has 0 rings (SSSR count). The maximum absolute atomic E-state index is 12.6. The summed E-state index contributed by atoms with van der Waals surface area (Å²) in [5.74, 6) is -0.0281. The molecule has 78 heavy (non-hydrogen) atoms. The van der Waals surface area contributed by atoms with Crippen LogP contribution in [0.5, 0.6) is 0 Å². The Balaban J connectivity index is 3.39. The predicted octanol–water partition coefficient (Wildman–Crippen LogP) is 22.9. The van der Waals surface area contributed by atoms with Crippen molar-refractivity contribution in [3.05, 3.63) is 24.3 Å². The van der Waals surface area contributed by atoms with E-state index < -0.39 is 12.1 Å². The molecule has 6 nitrogen and oxygen atoms in total. The maximum atomic E-state index is 12.6. The molecule has 0 saturated heterocycles. The van der Waals surface area contributed by atoms with Crippen LogP contribution in [-0.4, -0.2) is 47.4 Å². The summed E-state index contributed by atoms with van der Waals surface area (Å²) in [7, 11) is 0. The SMILES string of the molecule is CCCCC/C=C\C/C=C\CCCCCCCCCC(=O)OCCCCCCCCCCCCCCCCCCCCCCC(=O)NC(CO)C(O)CCCCCCCCCCCCCCCCCCCCCCCCCC. The predicted molar refractivity (Wildman–Crippen MR) is 343 cm³/mol. The van der Waals surface area contributed by atoms with E-state index in [1.54, 1.807) is 0 Å². The monoisotopic (exact) mass is 1100 g/mol. The van der Waals surface area contributed by atoms with Crippen LogP contribution in [0.4, 0.5) is 0 Å². The number of hydrogen-bond acceptors (Lipinski definition) is 5. The van der Waals surface area contributed by atoms with E-state index in [4.69, 9.17) is 4.74 Å². The molecule has 0 aromatic carbocycles. The first-order valence-corrected chi connectivity index (χ1v) is 35.6. The van der Waals surface area contributed by atoms with Crippen LogP contribution < -0.4 is 5.32 Å². The molecule has 3 N–H and O–H groups in total. The van der Waals surface area contributed by atoms with Gasteiger partial charge in [0.2, 0.25) is 5.91 Å². The summed E-state index contributed by atoms with van der Waals surface area (Å²) in [6.07, 6.45) is 85.0. The zero-order chi connectivity index (χ0) is 56.4. The van der Waals surface area contributed by atoms with Gasteiger partial charge in [-0.2, -0.15) is 0 Å². The minimum Gasteiger partial charge on any atom is -0.466 e. The largest absolute Gasteiger partial charge is 0.466 e. The molecule has 2 unspecified atom stereocenters. The first-order valence-electron chi connectivity index (χ1n) is 35.6. The fourth-order valence-electron chi connectivity index (χ4n) is 11.3. The van der Waals surface area contributed by atoms with Gasteiger partial charge in [0.05, 0.1) is 25.4 Å². The molecule has 6 heteroatoms. The first kappa shape index (κ1) is 76.3. The number of amides is 1. The number of nitrogens with one attached hydrogen (secondary N) is 1. The van der Waals surface area contributed by atoms with E-state index in [9.17, 15) is 19.8 Å². The van der Waals surface area contributed by atoms with E-state index in [0.29, 0.717) is 25.9 Å². The molecular formula is C72H139NO5. The van der Waals surface area contributed by atoms with Gasteiger partial charge in [-0.25, -0.2) is 0 Å². The summed E-state index contributed by atoms with van der Waals surface area (Å²) in [4.78, 5) is 24.7. The van der Waals surface area contributed by atoms with Gasteiger partial charge in [0.1, 0.15) is 0 Å². The Morgan fingerprint density at radius 2 is 0.641 bits per heavy atom. The Bertz CT molecular complexity index is 1220. The Labute approximate surface area is 488 Å². The lowest BCUT2D eigenvalue weighted by molar-refractivity contribution is -0.143. The zero-order valence-corrected chi connectivity index (χ0v) is 52.9. The van der Waals surface area contributed by atoms with Crippen molar-refractivity contribution < 1.29 is 24.5 Å². The molecular weight excluding hydrogens is 959 g/mol. The van der Waals surface area contributed by atoms with Crippen molar-refractivity contribution in [3.63, 3.8) is 0 Å². The van der Waals surface area contributed by atoms with E-state index in [-0.39, 0.29) is 18.5 Å². The molecule has 0 saturated carbocycles. The quantitative estimate of drug-likeness (QED) is 0.0320. The fourth-order valence-corrected chi connectivity index (χ4v) is 11.3. The van der Waals surface area contributed by atoms with Gasteiger partial charge in [-0.3, -0.25) is 9.59 Å². The Morgan fingerprint density at radius 1 is 0.359 bits per heavy atom. The summed E-state index contributed by atoms with van der Waals surface area (Å²) in [5.41, 5.74) is 0. The number of aliphatic hydroxyl groups is 2. The number of rotatable bonds is 67. The highest BCUT2D eigenvalue weighted by Gasteiger charge is 2.20. The van der Waals surface area contributed by atoms with Crippen molar-refractivity contribution in [1.29, 1.82) is 0 Å². The number of hydrogen-bond donors (Lipinski definition) is 3. The third-order valence-electron chi connectivity index (χ3n) is 16.8. The highest BCUT2D eigenvalue weighted by Crippen LogP contribution is 2.19. The summed E-state index contributed by atoms with van der Waals surface area (Å²) < 4.78 is 5.50. The lowest BCUT2D eigenvalue weighted by Crippen LogP contribution is -2.45. The van der Waals surface area contributed by atoms with Crippen molar-refractivity contribution in [2.45, 2.75) is 411 Å². The van der Waals surface area contributed by atoms with Gasteiger partial charge in [-0.1, -0.05) is 353 Å². The Kier molecular flexibility index (Phi) is 66.4. The summed E-state index contributed by atoms with van der Waals surface area (Å²) in [6, 6.07) is -0.545. The van der Waals surface area contributed by atoms with Gasteiger partial charge >= 0.3 is 5.97 Å². The van der Waals surface area contributed by atoms with Crippen LogP contribution in [0, 0.1) is 0 Å². The second kappa shape index (κ2) is 67.8. The van der Waals surface area contributed by atoms with Gasteiger partial charge < -0.3 is 20.3 Å². The van der Waals surface area contributed by atoms with Crippen molar-refractivity contribution >= 4 is 11.9 Å². The summed E-state index contributed by atoms with van der Waals surface area (Å²) in [6.45, 7) is 4.96. The van der Waals surface area contributed by atoms with E-state index in [1.807, 2.05) is 0 Å². The number of allylic oxidation sites excluding steroid dienone is 4. The average molecular weight is 1100 g/mol. The molecule has 2 atom stereocenters. The fraction of sp³-hybridized carbons (Fsp3) is 0.917. The van der Waals surface area contributed by atoms with Crippen molar-refractivity contribution in [3.8, 4) is 0 Å². The first-order chi connectivity index (χ1) is 38.5. The number of carbonyl (C=O) groups is 2. The molecule has 0 fully saturated rings. The van der Waals surface area contributed by atoms with Crippen LogP contribution in [-0.2, 0) is 14.3 Å². The lowest BCUT2D eigenvalue weighted by atomic mass is 10.0. The minimum atomic E-state index is -0.667. The topological polar surface area (TPSA) is 95.9 Å².